The molecule has 1 aromatic rings. The molecule has 1 aliphatic rings. The molecule has 0 spiro atoms. The van der Waals surface area contributed by atoms with Crippen molar-refractivity contribution in [2.75, 3.05) is 13.1 Å². The van der Waals surface area contributed by atoms with E-state index in [1.54, 1.807) is 0 Å². The van der Waals surface area contributed by atoms with Crippen LogP contribution < -0.4 is 10.6 Å². The maximum atomic E-state index is 3.69. The minimum absolute atomic E-state index is 0.418. The number of rotatable bonds is 8. The third kappa shape index (κ3) is 5.44. The lowest BCUT2D eigenvalue weighted by atomic mass is 9.86. The standard InChI is InChI=1S/C19H32N2/c1-4-5-8-11-19(2,3)15-20-14-18-12-16-9-6-7-10-17(16)13-21-18/h6-7,9-10,18,20-21H,4-5,8,11-15H2,1-3H3. The summed E-state index contributed by atoms with van der Waals surface area (Å²) in [6.07, 6.45) is 6.52. The largest absolute Gasteiger partial charge is 0.315 e. The topological polar surface area (TPSA) is 24.1 Å². The number of nitrogens with one attached hydrogen (secondary N) is 2. The molecule has 0 aliphatic carbocycles. The Labute approximate surface area is 130 Å². The zero-order chi connectivity index (χ0) is 15.1. The molecule has 1 unspecified atom stereocenters. The van der Waals surface area contributed by atoms with Crippen LogP contribution in [0.4, 0.5) is 0 Å². The summed E-state index contributed by atoms with van der Waals surface area (Å²) in [6, 6.07) is 9.38. The van der Waals surface area contributed by atoms with Gasteiger partial charge in [0, 0.05) is 25.7 Å². The summed E-state index contributed by atoms with van der Waals surface area (Å²) >= 11 is 0. The SMILES string of the molecule is CCCCCC(C)(C)CNCC1Cc2ccccc2CN1. The second-order valence-electron chi connectivity index (χ2n) is 7.30. The number of fused-ring (bicyclic) bond motifs is 1. The molecular formula is C19H32N2. The fraction of sp³-hybridized carbons (Fsp3) is 0.684. The van der Waals surface area contributed by atoms with Gasteiger partial charge in [0.05, 0.1) is 0 Å². The number of hydrogen-bond donors (Lipinski definition) is 2. The third-order valence-electron chi connectivity index (χ3n) is 4.62. The van der Waals surface area contributed by atoms with E-state index < -0.39 is 0 Å². The molecule has 0 fully saturated rings. The highest BCUT2D eigenvalue weighted by Gasteiger charge is 2.20. The molecule has 0 saturated carbocycles. The summed E-state index contributed by atoms with van der Waals surface area (Å²) in [7, 11) is 0. The Hall–Kier alpha value is -0.860. The molecule has 1 heterocycles. The van der Waals surface area contributed by atoms with E-state index in [4.69, 9.17) is 0 Å². The van der Waals surface area contributed by atoms with Crippen LogP contribution in [0.2, 0.25) is 0 Å². The quantitative estimate of drug-likeness (QED) is 0.709. The van der Waals surface area contributed by atoms with E-state index in [0.29, 0.717) is 11.5 Å². The van der Waals surface area contributed by atoms with Gasteiger partial charge in [0.25, 0.3) is 0 Å². The van der Waals surface area contributed by atoms with Crippen LogP contribution in [0.15, 0.2) is 24.3 Å². The second kappa shape index (κ2) is 7.95. The highest BCUT2D eigenvalue weighted by atomic mass is 15.0. The maximum Gasteiger partial charge on any atom is 0.0236 e. The van der Waals surface area contributed by atoms with Gasteiger partial charge in [0.15, 0.2) is 0 Å². The molecule has 1 aromatic carbocycles. The van der Waals surface area contributed by atoms with E-state index in [1.165, 1.54) is 36.8 Å². The lowest BCUT2D eigenvalue weighted by Crippen LogP contribution is -2.44. The predicted octanol–water partition coefficient (Wildman–Crippen LogP) is 3.90. The summed E-state index contributed by atoms with van der Waals surface area (Å²) in [6.45, 7) is 10.3. The fourth-order valence-corrected chi connectivity index (χ4v) is 3.19. The van der Waals surface area contributed by atoms with Gasteiger partial charge in [0.1, 0.15) is 0 Å². The highest BCUT2D eigenvalue weighted by molar-refractivity contribution is 5.29. The Morgan fingerprint density at radius 2 is 1.95 bits per heavy atom. The molecule has 2 rings (SSSR count). The normalized spacial score (nSPS) is 18.5. The molecule has 2 heteroatoms. The first-order valence-corrected chi connectivity index (χ1v) is 8.61. The van der Waals surface area contributed by atoms with Crippen molar-refractivity contribution in [2.24, 2.45) is 5.41 Å². The number of benzene rings is 1. The fourth-order valence-electron chi connectivity index (χ4n) is 3.19. The Morgan fingerprint density at radius 1 is 1.19 bits per heavy atom. The lowest BCUT2D eigenvalue weighted by molar-refractivity contribution is 0.294. The predicted molar refractivity (Wildman–Crippen MR) is 91.6 cm³/mol. The Morgan fingerprint density at radius 3 is 2.71 bits per heavy atom. The van der Waals surface area contributed by atoms with Gasteiger partial charge in [-0.15, -0.1) is 0 Å². The van der Waals surface area contributed by atoms with Crippen molar-refractivity contribution < 1.29 is 0 Å². The second-order valence-corrected chi connectivity index (χ2v) is 7.30. The molecule has 1 atom stereocenters. The monoisotopic (exact) mass is 288 g/mol. The summed E-state index contributed by atoms with van der Waals surface area (Å²) in [5, 5.41) is 7.34. The van der Waals surface area contributed by atoms with E-state index >= 15 is 0 Å². The van der Waals surface area contributed by atoms with Crippen LogP contribution in [0.25, 0.3) is 0 Å². The summed E-state index contributed by atoms with van der Waals surface area (Å²) in [5.74, 6) is 0. The zero-order valence-electron chi connectivity index (χ0n) is 14.0. The Balaban J connectivity index is 1.70. The zero-order valence-corrected chi connectivity index (χ0v) is 14.0. The average Bonchev–Trinajstić information content (AvgIpc) is 2.47. The van der Waals surface area contributed by atoms with Crippen molar-refractivity contribution in [3.63, 3.8) is 0 Å². The molecule has 0 aromatic heterocycles. The number of unbranched alkanes of at least 4 members (excludes halogenated alkanes) is 2. The molecule has 0 amide bonds. The molecule has 21 heavy (non-hydrogen) atoms. The summed E-state index contributed by atoms with van der Waals surface area (Å²) < 4.78 is 0. The van der Waals surface area contributed by atoms with Gasteiger partial charge in [-0.3, -0.25) is 0 Å². The first-order chi connectivity index (χ1) is 10.1. The molecular weight excluding hydrogens is 256 g/mol. The number of hydrogen-bond acceptors (Lipinski definition) is 2. The minimum atomic E-state index is 0.418. The van der Waals surface area contributed by atoms with Crippen molar-refractivity contribution in [1.82, 2.24) is 10.6 Å². The van der Waals surface area contributed by atoms with Gasteiger partial charge in [-0.1, -0.05) is 64.3 Å². The van der Waals surface area contributed by atoms with Crippen LogP contribution in [0.3, 0.4) is 0 Å². The molecule has 0 saturated heterocycles. The van der Waals surface area contributed by atoms with Gasteiger partial charge < -0.3 is 10.6 Å². The van der Waals surface area contributed by atoms with Gasteiger partial charge >= 0.3 is 0 Å². The van der Waals surface area contributed by atoms with Crippen LogP contribution in [-0.4, -0.2) is 19.1 Å². The summed E-state index contributed by atoms with van der Waals surface area (Å²) in [5.41, 5.74) is 3.40. The van der Waals surface area contributed by atoms with Crippen molar-refractivity contribution >= 4 is 0 Å². The average molecular weight is 288 g/mol. The molecule has 2 nitrogen and oxygen atoms in total. The van der Waals surface area contributed by atoms with E-state index in [0.717, 1.165) is 26.1 Å². The van der Waals surface area contributed by atoms with Crippen molar-refractivity contribution in [2.45, 2.75) is 65.5 Å². The van der Waals surface area contributed by atoms with Crippen LogP contribution in [0.5, 0.6) is 0 Å². The van der Waals surface area contributed by atoms with E-state index in [-0.39, 0.29) is 0 Å². The molecule has 118 valence electrons. The van der Waals surface area contributed by atoms with Gasteiger partial charge in [-0.2, -0.15) is 0 Å². The van der Waals surface area contributed by atoms with Gasteiger partial charge in [-0.25, -0.2) is 0 Å². The van der Waals surface area contributed by atoms with E-state index in [9.17, 15) is 0 Å². The van der Waals surface area contributed by atoms with Crippen LogP contribution >= 0.6 is 0 Å². The molecule has 1 aliphatic heterocycles. The lowest BCUT2D eigenvalue weighted by Gasteiger charge is -2.29. The first kappa shape index (κ1) is 16.5. The van der Waals surface area contributed by atoms with Crippen molar-refractivity contribution in [3.05, 3.63) is 35.4 Å². The van der Waals surface area contributed by atoms with E-state index in [1.807, 2.05) is 0 Å². The van der Waals surface area contributed by atoms with Crippen LogP contribution in [0, 0.1) is 5.41 Å². The Bertz CT molecular complexity index is 425. The van der Waals surface area contributed by atoms with Crippen molar-refractivity contribution in [1.29, 1.82) is 0 Å². The highest BCUT2D eigenvalue weighted by Crippen LogP contribution is 2.23. The first-order valence-electron chi connectivity index (χ1n) is 8.61. The summed E-state index contributed by atoms with van der Waals surface area (Å²) in [4.78, 5) is 0. The third-order valence-corrected chi connectivity index (χ3v) is 4.62. The van der Waals surface area contributed by atoms with Crippen molar-refractivity contribution in [3.8, 4) is 0 Å². The molecule has 2 N–H and O–H groups in total. The molecule has 0 radical (unpaired) electrons. The minimum Gasteiger partial charge on any atom is -0.315 e. The van der Waals surface area contributed by atoms with E-state index in [2.05, 4.69) is 55.7 Å². The van der Waals surface area contributed by atoms with Crippen LogP contribution in [-0.2, 0) is 13.0 Å². The van der Waals surface area contributed by atoms with Crippen LogP contribution in [0.1, 0.15) is 57.6 Å². The molecule has 0 bridgehead atoms. The Kier molecular flexibility index (Phi) is 6.25. The smallest absolute Gasteiger partial charge is 0.0236 e. The van der Waals surface area contributed by atoms with Gasteiger partial charge in [0.2, 0.25) is 0 Å². The van der Waals surface area contributed by atoms with Gasteiger partial charge in [-0.05, 0) is 29.4 Å². The maximum absolute atomic E-state index is 3.69.